The molecule has 128 valence electrons. The zero-order chi connectivity index (χ0) is 16.8. The van der Waals surface area contributed by atoms with Crippen molar-refractivity contribution < 1.29 is 4.79 Å². The van der Waals surface area contributed by atoms with E-state index in [9.17, 15) is 4.79 Å². The molecule has 0 saturated carbocycles. The summed E-state index contributed by atoms with van der Waals surface area (Å²) in [5, 5.41) is 10.8. The molecule has 5 nitrogen and oxygen atoms in total. The average Bonchev–Trinajstić information content (AvgIpc) is 3.09. The van der Waals surface area contributed by atoms with Crippen LogP contribution in [0.2, 0.25) is 0 Å². The van der Waals surface area contributed by atoms with Gasteiger partial charge in [-0.15, -0.1) is 0 Å². The molecule has 24 heavy (non-hydrogen) atoms. The molecule has 2 N–H and O–H groups in total. The Bertz CT molecular complexity index is 659. The number of amides is 1. The van der Waals surface area contributed by atoms with Gasteiger partial charge < -0.3 is 10.6 Å². The minimum Gasteiger partial charge on any atom is -0.356 e. The Kier molecular flexibility index (Phi) is 5.30. The fourth-order valence-corrected chi connectivity index (χ4v) is 3.08. The standard InChI is InChI=1S/C19H26N4O/c1-19(9-11-20-12-10-19)15-21-18(24)8-7-16-13-22-23(14-16)17-5-3-2-4-6-17/h2-6,13-14,20H,7-12,15H2,1H3,(H,21,24). The SMILES string of the molecule is CC1(CNC(=O)CCc2cnn(-c3ccccc3)c2)CCNCC1. The van der Waals surface area contributed by atoms with E-state index in [1.807, 2.05) is 47.4 Å². The molecule has 1 amide bonds. The molecule has 5 heteroatoms. The van der Waals surface area contributed by atoms with Crippen LogP contribution in [0, 0.1) is 5.41 Å². The van der Waals surface area contributed by atoms with Gasteiger partial charge in [0.1, 0.15) is 0 Å². The van der Waals surface area contributed by atoms with Crippen molar-refractivity contribution in [1.29, 1.82) is 0 Å². The minimum absolute atomic E-state index is 0.127. The summed E-state index contributed by atoms with van der Waals surface area (Å²) in [6, 6.07) is 10.0. The second kappa shape index (κ2) is 7.62. The van der Waals surface area contributed by atoms with Crippen molar-refractivity contribution in [2.75, 3.05) is 19.6 Å². The Hall–Kier alpha value is -2.14. The van der Waals surface area contributed by atoms with Crippen LogP contribution < -0.4 is 10.6 Å². The fourth-order valence-electron chi connectivity index (χ4n) is 3.08. The predicted octanol–water partition coefficient (Wildman–Crippen LogP) is 2.31. The van der Waals surface area contributed by atoms with E-state index in [-0.39, 0.29) is 11.3 Å². The van der Waals surface area contributed by atoms with E-state index in [0.29, 0.717) is 6.42 Å². The first kappa shape index (κ1) is 16.7. The Morgan fingerprint density at radius 1 is 1.29 bits per heavy atom. The van der Waals surface area contributed by atoms with Crippen LogP contribution in [0.1, 0.15) is 31.7 Å². The highest BCUT2D eigenvalue weighted by atomic mass is 16.1. The number of hydrogen-bond acceptors (Lipinski definition) is 3. The van der Waals surface area contributed by atoms with Crippen molar-refractivity contribution in [2.24, 2.45) is 5.41 Å². The van der Waals surface area contributed by atoms with Crippen molar-refractivity contribution in [3.05, 3.63) is 48.3 Å². The molecular weight excluding hydrogens is 300 g/mol. The quantitative estimate of drug-likeness (QED) is 0.856. The topological polar surface area (TPSA) is 59.0 Å². The van der Waals surface area contributed by atoms with Gasteiger partial charge in [-0.2, -0.15) is 5.10 Å². The van der Waals surface area contributed by atoms with E-state index < -0.39 is 0 Å². The molecule has 0 aliphatic carbocycles. The lowest BCUT2D eigenvalue weighted by Gasteiger charge is -2.34. The van der Waals surface area contributed by atoms with E-state index in [1.165, 1.54) is 0 Å². The predicted molar refractivity (Wildman–Crippen MR) is 95.1 cm³/mol. The second-order valence-electron chi connectivity index (χ2n) is 6.97. The summed E-state index contributed by atoms with van der Waals surface area (Å²) in [6.45, 7) is 5.13. The van der Waals surface area contributed by atoms with Gasteiger partial charge in [0.2, 0.25) is 5.91 Å². The monoisotopic (exact) mass is 326 g/mol. The highest BCUT2D eigenvalue weighted by Crippen LogP contribution is 2.26. The maximum Gasteiger partial charge on any atom is 0.220 e. The Labute approximate surface area is 143 Å². The first-order chi connectivity index (χ1) is 11.6. The third-order valence-corrected chi connectivity index (χ3v) is 4.82. The van der Waals surface area contributed by atoms with E-state index >= 15 is 0 Å². The Balaban J connectivity index is 1.46. The number of piperidine rings is 1. The van der Waals surface area contributed by atoms with Crippen molar-refractivity contribution in [3.63, 3.8) is 0 Å². The van der Waals surface area contributed by atoms with Gasteiger partial charge in [-0.25, -0.2) is 4.68 Å². The first-order valence-corrected chi connectivity index (χ1v) is 8.71. The van der Waals surface area contributed by atoms with Crippen LogP contribution in [-0.4, -0.2) is 35.3 Å². The van der Waals surface area contributed by atoms with Crippen molar-refractivity contribution in [3.8, 4) is 5.69 Å². The van der Waals surface area contributed by atoms with Gasteiger partial charge in [0.15, 0.2) is 0 Å². The van der Waals surface area contributed by atoms with Crippen molar-refractivity contribution in [2.45, 2.75) is 32.6 Å². The molecule has 0 unspecified atom stereocenters. The zero-order valence-electron chi connectivity index (χ0n) is 14.3. The number of nitrogens with zero attached hydrogens (tertiary/aromatic N) is 2. The normalized spacial score (nSPS) is 16.7. The van der Waals surface area contributed by atoms with Crippen LogP contribution in [0.3, 0.4) is 0 Å². The fraction of sp³-hybridized carbons (Fsp3) is 0.474. The van der Waals surface area contributed by atoms with Gasteiger partial charge in [-0.1, -0.05) is 25.1 Å². The van der Waals surface area contributed by atoms with Crippen LogP contribution in [-0.2, 0) is 11.2 Å². The molecule has 2 aromatic rings. The summed E-state index contributed by atoms with van der Waals surface area (Å²) in [5.74, 6) is 0.127. The maximum atomic E-state index is 12.1. The van der Waals surface area contributed by atoms with Crippen LogP contribution in [0.15, 0.2) is 42.7 Å². The number of aryl methyl sites for hydroxylation is 1. The van der Waals surface area contributed by atoms with E-state index in [2.05, 4.69) is 22.7 Å². The molecule has 1 aromatic heterocycles. The Morgan fingerprint density at radius 3 is 2.79 bits per heavy atom. The molecule has 0 bridgehead atoms. The third-order valence-electron chi connectivity index (χ3n) is 4.82. The molecular formula is C19H26N4O. The average molecular weight is 326 g/mol. The maximum absolute atomic E-state index is 12.1. The molecule has 0 spiro atoms. The highest BCUT2D eigenvalue weighted by molar-refractivity contribution is 5.76. The van der Waals surface area contributed by atoms with Crippen molar-refractivity contribution >= 4 is 5.91 Å². The lowest BCUT2D eigenvalue weighted by Crippen LogP contribution is -2.42. The highest BCUT2D eigenvalue weighted by Gasteiger charge is 2.26. The van der Waals surface area contributed by atoms with Crippen LogP contribution >= 0.6 is 0 Å². The first-order valence-electron chi connectivity index (χ1n) is 8.71. The van der Waals surface area contributed by atoms with Gasteiger partial charge in [0.05, 0.1) is 11.9 Å². The summed E-state index contributed by atoms with van der Waals surface area (Å²) in [4.78, 5) is 12.1. The third kappa shape index (κ3) is 4.45. The minimum atomic E-state index is 0.127. The van der Waals surface area contributed by atoms with Gasteiger partial charge in [0.25, 0.3) is 0 Å². The number of hydrogen-bond donors (Lipinski definition) is 2. The number of aromatic nitrogens is 2. The zero-order valence-corrected chi connectivity index (χ0v) is 14.3. The molecule has 1 fully saturated rings. The van der Waals surface area contributed by atoms with E-state index in [0.717, 1.165) is 50.1 Å². The largest absolute Gasteiger partial charge is 0.356 e. The Morgan fingerprint density at radius 2 is 2.04 bits per heavy atom. The number of para-hydroxylation sites is 1. The van der Waals surface area contributed by atoms with Gasteiger partial charge >= 0.3 is 0 Å². The summed E-state index contributed by atoms with van der Waals surface area (Å²) < 4.78 is 1.85. The van der Waals surface area contributed by atoms with Crippen LogP contribution in [0.25, 0.3) is 5.69 Å². The number of benzene rings is 1. The lowest BCUT2D eigenvalue weighted by atomic mass is 9.81. The molecule has 3 rings (SSSR count). The van der Waals surface area contributed by atoms with Crippen LogP contribution in [0.5, 0.6) is 0 Å². The molecule has 2 heterocycles. The molecule has 0 radical (unpaired) electrons. The molecule has 1 aliphatic heterocycles. The molecule has 1 aliphatic rings. The van der Waals surface area contributed by atoms with Gasteiger partial charge in [0, 0.05) is 19.2 Å². The molecule has 1 saturated heterocycles. The van der Waals surface area contributed by atoms with Crippen LogP contribution in [0.4, 0.5) is 0 Å². The molecule has 0 atom stereocenters. The smallest absolute Gasteiger partial charge is 0.220 e. The van der Waals surface area contributed by atoms with Gasteiger partial charge in [-0.05, 0) is 55.5 Å². The summed E-state index contributed by atoms with van der Waals surface area (Å²) in [6.07, 6.45) is 7.31. The van der Waals surface area contributed by atoms with E-state index in [1.54, 1.807) is 0 Å². The van der Waals surface area contributed by atoms with Gasteiger partial charge in [-0.3, -0.25) is 4.79 Å². The lowest BCUT2D eigenvalue weighted by molar-refractivity contribution is -0.121. The summed E-state index contributed by atoms with van der Waals surface area (Å²) in [7, 11) is 0. The number of carbonyl (C=O) groups excluding carboxylic acids is 1. The number of nitrogens with one attached hydrogen (secondary N) is 2. The van der Waals surface area contributed by atoms with E-state index in [4.69, 9.17) is 0 Å². The summed E-state index contributed by atoms with van der Waals surface area (Å²) >= 11 is 0. The summed E-state index contributed by atoms with van der Waals surface area (Å²) in [5.41, 5.74) is 2.35. The number of rotatable bonds is 6. The molecule has 1 aromatic carbocycles. The van der Waals surface area contributed by atoms with Crippen molar-refractivity contribution in [1.82, 2.24) is 20.4 Å². The number of carbonyl (C=O) groups is 1. The second-order valence-corrected chi connectivity index (χ2v) is 6.97.